The van der Waals surface area contributed by atoms with Crippen LogP contribution >= 0.6 is 0 Å². The van der Waals surface area contributed by atoms with Crippen LogP contribution in [0.15, 0.2) is 12.3 Å². The molecule has 1 aromatic heterocycles. The maximum atomic E-state index is 12.6. The summed E-state index contributed by atoms with van der Waals surface area (Å²) < 4.78 is 1.73. The van der Waals surface area contributed by atoms with Crippen molar-refractivity contribution in [2.75, 3.05) is 13.2 Å². The lowest BCUT2D eigenvalue weighted by Gasteiger charge is -2.21. The molecule has 20 heavy (non-hydrogen) atoms. The summed E-state index contributed by atoms with van der Waals surface area (Å²) in [5, 5.41) is 20.0. The van der Waals surface area contributed by atoms with Gasteiger partial charge in [-0.15, -0.1) is 0 Å². The summed E-state index contributed by atoms with van der Waals surface area (Å²) in [7, 11) is 0. The van der Waals surface area contributed by atoms with Crippen molar-refractivity contribution >= 4 is 11.6 Å². The molecule has 1 aromatic rings. The average molecular weight is 279 g/mol. The van der Waals surface area contributed by atoms with E-state index in [2.05, 4.69) is 0 Å². The third-order valence-electron chi connectivity index (χ3n) is 3.79. The highest BCUT2D eigenvalue weighted by Crippen LogP contribution is 2.39. The van der Waals surface area contributed by atoms with E-state index in [9.17, 15) is 14.9 Å². The van der Waals surface area contributed by atoms with E-state index in [0.717, 1.165) is 25.7 Å². The van der Waals surface area contributed by atoms with Crippen LogP contribution in [0.4, 0.5) is 5.69 Å². The van der Waals surface area contributed by atoms with Gasteiger partial charge in [-0.05, 0) is 25.7 Å². The molecule has 0 aromatic carbocycles. The van der Waals surface area contributed by atoms with Crippen molar-refractivity contribution in [1.82, 2.24) is 9.47 Å². The van der Waals surface area contributed by atoms with Crippen LogP contribution in [0.2, 0.25) is 0 Å². The van der Waals surface area contributed by atoms with Gasteiger partial charge in [0, 0.05) is 24.7 Å². The molecule has 1 N–H and O–H groups in total. The lowest BCUT2D eigenvalue weighted by molar-refractivity contribution is -0.384. The lowest BCUT2D eigenvalue weighted by atomic mass is 10.3. The van der Waals surface area contributed by atoms with Gasteiger partial charge in [-0.1, -0.05) is 0 Å². The smallest absolute Gasteiger partial charge is 0.287 e. The first-order chi connectivity index (χ1) is 9.61. The fraction of sp³-hybridized carbons (Fsp3) is 0.615. The molecule has 2 fully saturated rings. The summed E-state index contributed by atoms with van der Waals surface area (Å²) >= 11 is 0. The molecule has 1 amide bonds. The fourth-order valence-corrected chi connectivity index (χ4v) is 2.48. The van der Waals surface area contributed by atoms with Crippen LogP contribution in [0.25, 0.3) is 0 Å². The fourth-order valence-electron chi connectivity index (χ4n) is 2.48. The van der Waals surface area contributed by atoms with E-state index in [-0.39, 0.29) is 36.8 Å². The molecule has 0 aliphatic heterocycles. The number of aliphatic hydroxyl groups excluding tert-OH is 1. The Morgan fingerprint density at radius 1 is 1.45 bits per heavy atom. The second-order valence-corrected chi connectivity index (χ2v) is 5.43. The van der Waals surface area contributed by atoms with E-state index in [1.807, 2.05) is 0 Å². The number of carbonyl (C=O) groups is 1. The summed E-state index contributed by atoms with van der Waals surface area (Å²) in [4.78, 5) is 24.6. The van der Waals surface area contributed by atoms with Crippen molar-refractivity contribution in [2.24, 2.45) is 0 Å². The van der Waals surface area contributed by atoms with E-state index < -0.39 is 4.92 Å². The van der Waals surface area contributed by atoms with Gasteiger partial charge in [0.05, 0.1) is 17.7 Å². The molecule has 108 valence electrons. The summed E-state index contributed by atoms with van der Waals surface area (Å²) in [6, 6.07) is 1.74. The standard InChI is InChI=1S/C13H17N3O4/c17-6-5-14(9-1-2-9)13(18)12-7-11(16(19)20)8-15(12)10-3-4-10/h7-10,17H,1-6H2. The Hall–Kier alpha value is -1.89. The van der Waals surface area contributed by atoms with Gasteiger partial charge >= 0.3 is 0 Å². The minimum absolute atomic E-state index is 0.0417. The molecule has 0 spiro atoms. The van der Waals surface area contributed by atoms with Crippen molar-refractivity contribution in [3.63, 3.8) is 0 Å². The minimum atomic E-state index is -0.469. The molecular formula is C13H17N3O4. The van der Waals surface area contributed by atoms with Crippen molar-refractivity contribution in [1.29, 1.82) is 0 Å². The molecule has 2 aliphatic carbocycles. The predicted octanol–water partition coefficient (Wildman–Crippen LogP) is 1.33. The first kappa shape index (κ1) is 13.1. The highest BCUT2D eigenvalue weighted by Gasteiger charge is 2.37. The van der Waals surface area contributed by atoms with E-state index in [1.165, 1.54) is 12.3 Å². The molecule has 0 unspecified atom stereocenters. The highest BCUT2D eigenvalue weighted by atomic mass is 16.6. The zero-order chi connectivity index (χ0) is 14.3. The summed E-state index contributed by atoms with van der Waals surface area (Å²) in [6.07, 6.45) is 5.25. The first-order valence-corrected chi connectivity index (χ1v) is 6.90. The largest absolute Gasteiger partial charge is 0.395 e. The molecule has 1 heterocycles. The van der Waals surface area contributed by atoms with E-state index >= 15 is 0 Å². The van der Waals surface area contributed by atoms with Crippen molar-refractivity contribution in [3.8, 4) is 0 Å². The quantitative estimate of drug-likeness (QED) is 0.628. The van der Waals surface area contributed by atoms with Gasteiger partial charge in [0.1, 0.15) is 5.69 Å². The number of nitro groups is 1. The lowest BCUT2D eigenvalue weighted by Crippen LogP contribution is -2.36. The number of amides is 1. The number of rotatable bonds is 6. The Morgan fingerprint density at radius 3 is 2.65 bits per heavy atom. The topological polar surface area (TPSA) is 88.6 Å². The molecule has 0 atom stereocenters. The van der Waals surface area contributed by atoms with Gasteiger partial charge in [0.2, 0.25) is 0 Å². The number of hydrogen-bond donors (Lipinski definition) is 1. The van der Waals surface area contributed by atoms with Crippen LogP contribution in [0.1, 0.15) is 42.2 Å². The van der Waals surface area contributed by atoms with Crippen molar-refractivity contribution < 1.29 is 14.8 Å². The minimum Gasteiger partial charge on any atom is -0.395 e. The van der Waals surface area contributed by atoms with Gasteiger partial charge < -0.3 is 14.6 Å². The molecule has 7 heteroatoms. The van der Waals surface area contributed by atoms with E-state index in [0.29, 0.717) is 5.69 Å². The second kappa shape index (κ2) is 4.90. The Morgan fingerprint density at radius 2 is 2.15 bits per heavy atom. The molecular weight excluding hydrogens is 262 g/mol. The maximum Gasteiger partial charge on any atom is 0.287 e. The molecule has 7 nitrogen and oxygen atoms in total. The number of hydrogen-bond acceptors (Lipinski definition) is 4. The van der Waals surface area contributed by atoms with Crippen LogP contribution in [-0.2, 0) is 0 Å². The maximum absolute atomic E-state index is 12.6. The molecule has 0 saturated heterocycles. The first-order valence-electron chi connectivity index (χ1n) is 6.90. The normalized spacial score (nSPS) is 18.1. The number of carbonyl (C=O) groups excluding carboxylic acids is 1. The Kier molecular flexibility index (Phi) is 3.21. The average Bonchev–Trinajstić information content (AvgIpc) is 3.33. The Bertz CT molecular complexity index is 546. The third-order valence-corrected chi connectivity index (χ3v) is 3.79. The van der Waals surface area contributed by atoms with Gasteiger partial charge in [-0.25, -0.2) is 0 Å². The zero-order valence-electron chi connectivity index (χ0n) is 11.1. The highest BCUT2D eigenvalue weighted by molar-refractivity contribution is 5.94. The Balaban J connectivity index is 1.90. The second-order valence-electron chi connectivity index (χ2n) is 5.43. The number of aromatic nitrogens is 1. The van der Waals surface area contributed by atoms with Crippen LogP contribution in [0.3, 0.4) is 0 Å². The summed E-state index contributed by atoms with van der Waals surface area (Å²) in [6.45, 7) is 0.196. The SMILES string of the molecule is O=C(c1cc([N+](=O)[O-])cn1C1CC1)N(CCO)C1CC1. The van der Waals surface area contributed by atoms with Crippen molar-refractivity contribution in [3.05, 3.63) is 28.1 Å². The van der Waals surface area contributed by atoms with E-state index in [1.54, 1.807) is 9.47 Å². The summed E-state index contributed by atoms with van der Waals surface area (Å²) in [5.74, 6) is -0.207. The number of aliphatic hydroxyl groups is 1. The third kappa shape index (κ3) is 2.40. The van der Waals surface area contributed by atoms with Gasteiger partial charge in [-0.3, -0.25) is 14.9 Å². The Labute approximate surface area is 115 Å². The molecule has 0 bridgehead atoms. The van der Waals surface area contributed by atoms with Gasteiger partial charge in [-0.2, -0.15) is 0 Å². The van der Waals surface area contributed by atoms with Gasteiger partial charge in [0.15, 0.2) is 0 Å². The monoisotopic (exact) mass is 279 g/mol. The van der Waals surface area contributed by atoms with Crippen LogP contribution in [0, 0.1) is 10.1 Å². The van der Waals surface area contributed by atoms with E-state index in [4.69, 9.17) is 5.11 Å². The van der Waals surface area contributed by atoms with Crippen LogP contribution in [-0.4, -0.2) is 44.6 Å². The molecule has 3 rings (SSSR count). The molecule has 0 radical (unpaired) electrons. The molecule has 2 aliphatic rings. The van der Waals surface area contributed by atoms with Gasteiger partial charge in [0.25, 0.3) is 11.6 Å². The summed E-state index contributed by atoms with van der Waals surface area (Å²) in [5.41, 5.74) is 0.333. The predicted molar refractivity (Wildman–Crippen MR) is 70.5 cm³/mol. The molecule has 2 saturated carbocycles. The number of nitrogens with zero attached hydrogens (tertiary/aromatic N) is 3. The van der Waals surface area contributed by atoms with Crippen LogP contribution < -0.4 is 0 Å². The zero-order valence-corrected chi connectivity index (χ0v) is 11.1. The van der Waals surface area contributed by atoms with Crippen LogP contribution in [0.5, 0.6) is 0 Å². The van der Waals surface area contributed by atoms with Crippen molar-refractivity contribution in [2.45, 2.75) is 37.8 Å².